The topological polar surface area (TPSA) is 45.1 Å². The highest BCUT2D eigenvalue weighted by atomic mass is 16.5. The highest BCUT2D eigenvalue weighted by Crippen LogP contribution is 2.52. The highest BCUT2D eigenvalue weighted by Gasteiger charge is 2.48. The van der Waals surface area contributed by atoms with E-state index >= 15 is 0 Å². The Balaban J connectivity index is 1.47. The molecule has 4 nitrogen and oxygen atoms in total. The summed E-state index contributed by atoms with van der Waals surface area (Å²) in [4.78, 5) is 0. The van der Waals surface area contributed by atoms with E-state index in [0.29, 0.717) is 11.7 Å². The molecule has 3 atom stereocenters. The van der Waals surface area contributed by atoms with Crippen LogP contribution in [-0.2, 0) is 0 Å². The van der Waals surface area contributed by atoms with Crippen LogP contribution < -0.4 is 4.74 Å². The molecule has 0 saturated heterocycles. The van der Waals surface area contributed by atoms with Crippen LogP contribution in [0.5, 0.6) is 11.5 Å². The summed E-state index contributed by atoms with van der Waals surface area (Å²) in [6, 6.07) is 26.4. The predicted molar refractivity (Wildman–Crippen MR) is 122 cm³/mol. The van der Waals surface area contributed by atoms with E-state index in [0.717, 1.165) is 41.9 Å². The molecule has 0 aromatic heterocycles. The molecule has 3 aliphatic rings. The standard InChI is InChI=1S/C27H24N2O2/c30-23-15-6-4-11-19(23)17-20-12-8-14-22-25(20)28-29-26(22)21-13-5-7-16-24(21)31-27(29)18-9-2-1-3-10-18/h1-7,9-11,13,15-17,22,26-27,30H,8,12,14H2. The number of phenolic OH excluding ortho intramolecular Hbond substituents is 1. The van der Waals surface area contributed by atoms with Crippen LogP contribution in [0, 0.1) is 5.92 Å². The fraction of sp³-hybridized carbons (Fsp3) is 0.222. The van der Waals surface area contributed by atoms with E-state index in [9.17, 15) is 5.11 Å². The zero-order valence-electron chi connectivity index (χ0n) is 17.2. The number of rotatable bonds is 2. The molecular formula is C27H24N2O2. The first kappa shape index (κ1) is 18.3. The number of hydrogen-bond donors (Lipinski definition) is 1. The molecule has 3 unspecified atom stereocenters. The summed E-state index contributed by atoms with van der Waals surface area (Å²) in [6.45, 7) is 0. The van der Waals surface area contributed by atoms with E-state index < -0.39 is 0 Å². The molecule has 1 aliphatic carbocycles. The normalized spacial score (nSPS) is 25.3. The molecular weight excluding hydrogens is 384 g/mol. The lowest BCUT2D eigenvalue weighted by Crippen LogP contribution is -2.36. The third kappa shape index (κ3) is 3.02. The largest absolute Gasteiger partial charge is 0.507 e. The maximum Gasteiger partial charge on any atom is 0.213 e. The van der Waals surface area contributed by atoms with Crippen LogP contribution in [0.3, 0.4) is 0 Å². The monoisotopic (exact) mass is 408 g/mol. The SMILES string of the molecule is Oc1ccccc1C=C1CCCC2C1=NN1C(c3ccccc3)Oc3ccccc3C21. The maximum absolute atomic E-state index is 10.3. The van der Waals surface area contributed by atoms with Gasteiger partial charge < -0.3 is 9.84 Å². The van der Waals surface area contributed by atoms with Crippen molar-refractivity contribution in [3.05, 3.63) is 101 Å². The number of hydrogen-bond acceptors (Lipinski definition) is 4. The summed E-state index contributed by atoms with van der Waals surface area (Å²) in [5.74, 6) is 1.58. The van der Waals surface area contributed by atoms with Gasteiger partial charge in [0.2, 0.25) is 6.23 Å². The summed E-state index contributed by atoms with van der Waals surface area (Å²) in [5, 5.41) is 17.6. The van der Waals surface area contributed by atoms with Gasteiger partial charge in [0.25, 0.3) is 0 Å². The number of allylic oxidation sites excluding steroid dienone is 1. The zero-order chi connectivity index (χ0) is 20.8. The summed E-state index contributed by atoms with van der Waals surface area (Å²) >= 11 is 0. The van der Waals surface area contributed by atoms with Crippen LogP contribution in [-0.4, -0.2) is 15.8 Å². The molecule has 1 saturated carbocycles. The summed E-state index contributed by atoms with van der Waals surface area (Å²) < 4.78 is 6.47. The average molecular weight is 409 g/mol. The number of phenols is 1. The minimum absolute atomic E-state index is 0.165. The smallest absolute Gasteiger partial charge is 0.213 e. The van der Waals surface area contributed by atoms with Gasteiger partial charge in [0.1, 0.15) is 11.5 Å². The van der Waals surface area contributed by atoms with Gasteiger partial charge in [0.15, 0.2) is 0 Å². The van der Waals surface area contributed by atoms with Crippen LogP contribution in [0.25, 0.3) is 6.08 Å². The molecule has 31 heavy (non-hydrogen) atoms. The molecule has 6 rings (SSSR count). The third-order valence-corrected chi connectivity index (χ3v) is 6.60. The van der Waals surface area contributed by atoms with E-state index in [1.807, 2.05) is 42.5 Å². The van der Waals surface area contributed by atoms with Gasteiger partial charge in [-0.05, 0) is 43.0 Å². The van der Waals surface area contributed by atoms with Crippen molar-refractivity contribution in [2.75, 3.05) is 0 Å². The quantitative estimate of drug-likeness (QED) is 0.559. The molecule has 2 aliphatic heterocycles. The van der Waals surface area contributed by atoms with E-state index in [1.165, 1.54) is 11.1 Å². The first-order valence-corrected chi connectivity index (χ1v) is 11.0. The van der Waals surface area contributed by atoms with E-state index in [-0.39, 0.29) is 12.3 Å². The molecule has 3 aromatic rings. The molecule has 0 spiro atoms. The Bertz CT molecular complexity index is 1180. The number of aromatic hydroxyl groups is 1. The zero-order valence-corrected chi connectivity index (χ0v) is 17.2. The summed E-state index contributed by atoms with van der Waals surface area (Å²) in [5.41, 5.74) is 5.53. The van der Waals surface area contributed by atoms with E-state index in [2.05, 4.69) is 41.4 Å². The Kier molecular flexibility index (Phi) is 4.30. The molecule has 0 amide bonds. The molecule has 1 N–H and O–H groups in total. The number of fused-ring (bicyclic) bond motifs is 5. The fourth-order valence-corrected chi connectivity index (χ4v) is 5.18. The first-order valence-electron chi connectivity index (χ1n) is 11.0. The Morgan fingerprint density at radius 3 is 2.58 bits per heavy atom. The number of nitrogens with zero attached hydrogens (tertiary/aromatic N) is 2. The van der Waals surface area contributed by atoms with Crippen molar-refractivity contribution in [1.29, 1.82) is 0 Å². The second kappa shape index (κ2) is 7.31. The Morgan fingerprint density at radius 2 is 1.71 bits per heavy atom. The highest BCUT2D eigenvalue weighted by molar-refractivity contribution is 6.07. The summed E-state index contributed by atoms with van der Waals surface area (Å²) in [7, 11) is 0. The average Bonchev–Trinajstić information content (AvgIpc) is 3.22. The molecule has 3 aromatic carbocycles. The van der Waals surface area contributed by atoms with Crippen molar-refractivity contribution in [3.8, 4) is 11.5 Å². The van der Waals surface area contributed by atoms with Gasteiger partial charge in [0, 0.05) is 22.6 Å². The lowest BCUT2D eigenvalue weighted by atomic mass is 9.77. The van der Waals surface area contributed by atoms with Crippen molar-refractivity contribution in [2.24, 2.45) is 11.0 Å². The minimum atomic E-state index is -0.245. The molecule has 0 bridgehead atoms. The number of hydrazone groups is 1. The predicted octanol–water partition coefficient (Wildman–Crippen LogP) is 6.08. The molecule has 0 radical (unpaired) electrons. The fourth-order valence-electron chi connectivity index (χ4n) is 5.18. The first-order chi connectivity index (χ1) is 15.3. The number of benzene rings is 3. The molecule has 154 valence electrons. The molecule has 1 fully saturated rings. The third-order valence-electron chi connectivity index (χ3n) is 6.60. The van der Waals surface area contributed by atoms with Crippen molar-refractivity contribution in [2.45, 2.75) is 31.5 Å². The van der Waals surface area contributed by atoms with Crippen molar-refractivity contribution >= 4 is 11.8 Å². The van der Waals surface area contributed by atoms with Crippen molar-refractivity contribution < 1.29 is 9.84 Å². The van der Waals surface area contributed by atoms with Gasteiger partial charge in [-0.1, -0.05) is 66.7 Å². The minimum Gasteiger partial charge on any atom is -0.507 e. The molecule has 4 heteroatoms. The van der Waals surface area contributed by atoms with Crippen LogP contribution >= 0.6 is 0 Å². The maximum atomic E-state index is 10.3. The van der Waals surface area contributed by atoms with Gasteiger partial charge in [-0.15, -0.1) is 0 Å². The lowest BCUT2D eigenvalue weighted by molar-refractivity contribution is -0.0293. The van der Waals surface area contributed by atoms with Gasteiger partial charge in [-0.2, -0.15) is 5.10 Å². The van der Waals surface area contributed by atoms with Crippen LogP contribution in [0.15, 0.2) is 89.5 Å². The van der Waals surface area contributed by atoms with Gasteiger partial charge >= 0.3 is 0 Å². The molecule has 2 heterocycles. The lowest BCUT2D eigenvalue weighted by Gasteiger charge is -2.40. The number of ether oxygens (including phenoxy) is 1. The van der Waals surface area contributed by atoms with E-state index in [1.54, 1.807) is 6.07 Å². The Morgan fingerprint density at radius 1 is 0.935 bits per heavy atom. The van der Waals surface area contributed by atoms with Crippen LogP contribution in [0.2, 0.25) is 0 Å². The Labute approximate surface area is 182 Å². The van der Waals surface area contributed by atoms with Gasteiger partial charge in [-0.25, -0.2) is 5.01 Å². The van der Waals surface area contributed by atoms with Crippen LogP contribution in [0.1, 0.15) is 48.2 Å². The van der Waals surface area contributed by atoms with Gasteiger partial charge in [-0.3, -0.25) is 0 Å². The van der Waals surface area contributed by atoms with Gasteiger partial charge in [0.05, 0.1) is 11.8 Å². The number of para-hydroxylation sites is 2. The Hall–Kier alpha value is -3.53. The summed E-state index contributed by atoms with van der Waals surface area (Å²) in [6.07, 6.45) is 5.07. The van der Waals surface area contributed by atoms with Crippen molar-refractivity contribution in [3.63, 3.8) is 0 Å². The van der Waals surface area contributed by atoms with Crippen LogP contribution in [0.4, 0.5) is 0 Å². The van der Waals surface area contributed by atoms with E-state index in [4.69, 9.17) is 9.84 Å². The van der Waals surface area contributed by atoms with Crippen molar-refractivity contribution in [1.82, 2.24) is 5.01 Å². The second-order valence-corrected chi connectivity index (χ2v) is 8.46. The second-order valence-electron chi connectivity index (χ2n) is 8.46.